The van der Waals surface area contributed by atoms with Gasteiger partial charge in [0.05, 0.1) is 0 Å². The Hall–Kier alpha value is 0.359. The first kappa shape index (κ1) is 49.5. The summed E-state index contributed by atoms with van der Waals surface area (Å²) in [7, 11) is -9.55. The van der Waals surface area contributed by atoms with Crippen LogP contribution >= 0.6 is 0 Å². The molecule has 0 heterocycles. The quantitative estimate of drug-likeness (QED) is 0.199. The first-order chi connectivity index (χ1) is 23.0. The molecular formula is C45H88NSbSi6. The zero-order chi connectivity index (χ0) is 42.1. The second-order valence-electron chi connectivity index (χ2n) is 26.4. The van der Waals surface area contributed by atoms with Crippen molar-refractivity contribution in [1.82, 2.24) is 0 Å². The summed E-state index contributed by atoms with van der Waals surface area (Å²) in [6.45, 7) is 69.9. The summed E-state index contributed by atoms with van der Waals surface area (Å²) in [4.78, 5) is 0. The van der Waals surface area contributed by atoms with E-state index in [1.54, 1.807) is 20.2 Å². The Morgan fingerprint density at radius 1 is 0.415 bits per heavy atom. The van der Waals surface area contributed by atoms with Crippen molar-refractivity contribution >= 4 is 79.1 Å². The zero-order valence-electron chi connectivity index (χ0n) is 40.4. The third-order valence-electron chi connectivity index (χ3n) is 11.2. The van der Waals surface area contributed by atoms with Gasteiger partial charge in [0.2, 0.25) is 0 Å². The van der Waals surface area contributed by atoms with Gasteiger partial charge in [-0.1, -0.05) is 0 Å². The molecule has 0 aliphatic heterocycles. The van der Waals surface area contributed by atoms with Crippen LogP contribution in [0.4, 0.5) is 5.69 Å². The molecule has 0 unspecified atom stereocenters. The Bertz CT molecular complexity index is 1500. The van der Waals surface area contributed by atoms with Crippen LogP contribution in [0.3, 0.4) is 0 Å². The van der Waals surface area contributed by atoms with Crippen molar-refractivity contribution in [3.05, 3.63) is 57.6 Å². The van der Waals surface area contributed by atoms with Gasteiger partial charge in [0.15, 0.2) is 0 Å². The molecule has 0 aromatic heterocycles. The summed E-state index contributed by atoms with van der Waals surface area (Å²) in [5, 5.41) is 2.14. The van der Waals surface area contributed by atoms with Crippen LogP contribution in [0.5, 0.6) is 0 Å². The summed E-state index contributed by atoms with van der Waals surface area (Å²) in [6.07, 6.45) is 0. The molecule has 2 aromatic carbocycles. The number of hydrogen-bond acceptors (Lipinski definition) is 1. The molecule has 1 nitrogen and oxygen atoms in total. The van der Waals surface area contributed by atoms with E-state index in [4.69, 9.17) is 3.09 Å². The molecule has 0 saturated heterocycles. The van der Waals surface area contributed by atoms with Gasteiger partial charge in [0.1, 0.15) is 0 Å². The molecule has 302 valence electrons. The third-order valence-corrected chi connectivity index (χ3v) is 42.0. The predicted octanol–water partition coefficient (Wildman–Crippen LogP) is 14.9. The molecule has 0 bridgehead atoms. The number of rotatable bonds is 11. The maximum atomic E-state index is 6.15. The normalized spacial score (nSPS) is 15.1. The second kappa shape index (κ2) is 15.8. The summed E-state index contributed by atoms with van der Waals surface area (Å²) in [5.41, 5.74) is 11.1. The zero-order valence-corrected chi connectivity index (χ0v) is 49.0. The van der Waals surface area contributed by atoms with E-state index in [2.05, 4.69) is 204 Å². The van der Waals surface area contributed by atoms with Gasteiger partial charge in [-0.25, -0.2) is 0 Å². The Morgan fingerprint density at radius 3 is 0.925 bits per heavy atom. The van der Waals surface area contributed by atoms with E-state index in [0.29, 0.717) is 10.3 Å². The molecule has 2 rings (SSSR count). The molecule has 0 spiro atoms. The Balaban J connectivity index is 3.54. The molecule has 0 N–H and O–H groups in total. The molecule has 2 aromatic rings. The van der Waals surface area contributed by atoms with Crippen LogP contribution in [0.2, 0.25) is 118 Å². The summed E-state index contributed by atoms with van der Waals surface area (Å²) in [6, 6.07) is 10.9. The van der Waals surface area contributed by atoms with Gasteiger partial charge >= 0.3 is 352 Å². The minimum atomic E-state index is -1.62. The average molecular weight is 933 g/mol. The van der Waals surface area contributed by atoms with E-state index in [9.17, 15) is 0 Å². The summed E-state index contributed by atoms with van der Waals surface area (Å²) in [5.74, 6) is 0. The van der Waals surface area contributed by atoms with Crippen LogP contribution in [-0.2, 0) is 16.2 Å². The van der Waals surface area contributed by atoms with E-state index in [1.165, 1.54) is 22.4 Å². The summed E-state index contributed by atoms with van der Waals surface area (Å²) >= 11 is -1.21. The van der Waals surface area contributed by atoms with E-state index in [-0.39, 0.29) is 16.2 Å². The fourth-order valence-corrected chi connectivity index (χ4v) is 53.2. The average Bonchev–Trinajstić information content (AvgIpc) is 2.80. The van der Waals surface area contributed by atoms with Crippen molar-refractivity contribution in [2.24, 2.45) is 3.09 Å². The SMILES string of the molecule is CC(C)(C)c1cc(C(C)(C)C)c([N]=[Sb][c]2c(C([Si](C)(C)C)[Si](C)(C)C)cc(C([Si](C)(C)C)[Si](C)(C)C)cc2C([Si](C)(C)C)[Si](C)(C)C)c(C(C)(C)C)c1. The Kier molecular flexibility index (Phi) is 14.8. The number of benzene rings is 2. The fourth-order valence-electron chi connectivity index (χ4n) is 10.6. The molecule has 0 saturated carbocycles. The van der Waals surface area contributed by atoms with Crippen LogP contribution in [0.1, 0.15) is 111 Å². The van der Waals surface area contributed by atoms with Crippen LogP contribution in [-0.4, -0.2) is 69.9 Å². The van der Waals surface area contributed by atoms with Gasteiger partial charge in [-0.05, 0) is 0 Å². The first-order valence-corrected chi connectivity index (χ1v) is 44.7. The van der Waals surface area contributed by atoms with E-state index in [0.717, 1.165) is 5.16 Å². The topological polar surface area (TPSA) is 12.4 Å². The monoisotopic (exact) mass is 931 g/mol. The van der Waals surface area contributed by atoms with Gasteiger partial charge < -0.3 is 0 Å². The first-order valence-electron chi connectivity index (χ1n) is 20.8. The Morgan fingerprint density at radius 2 is 0.698 bits per heavy atom. The van der Waals surface area contributed by atoms with Crippen molar-refractivity contribution in [2.45, 2.75) is 212 Å². The minimum absolute atomic E-state index is 0.00601. The number of nitrogens with zero attached hydrogens (tertiary/aromatic N) is 1. The summed E-state index contributed by atoms with van der Waals surface area (Å²) < 4.78 is 7.93. The van der Waals surface area contributed by atoms with Gasteiger partial charge in [0.25, 0.3) is 0 Å². The Labute approximate surface area is 349 Å². The molecule has 0 amide bonds. The van der Waals surface area contributed by atoms with Gasteiger partial charge in [-0.2, -0.15) is 0 Å². The molecule has 0 aliphatic rings. The maximum absolute atomic E-state index is 6.15. The van der Waals surface area contributed by atoms with Crippen molar-refractivity contribution < 1.29 is 0 Å². The van der Waals surface area contributed by atoms with E-state index >= 15 is 0 Å². The van der Waals surface area contributed by atoms with Gasteiger partial charge in [0, 0.05) is 0 Å². The van der Waals surface area contributed by atoms with Crippen molar-refractivity contribution in [3.63, 3.8) is 0 Å². The molecule has 8 heteroatoms. The molecular weight excluding hydrogens is 845 g/mol. The second-order valence-corrected chi connectivity index (χ2v) is 62.4. The molecule has 53 heavy (non-hydrogen) atoms. The van der Waals surface area contributed by atoms with E-state index < -0.39 is 69.9 Å². The third kappa shape index (κ3) is 12.4. The van der Waals surface area contributed by atoms with Gasteiger partial charge in [-0.15, -0.1) is 0 Å². The molecule has 0 fully saturated rings. The van der Waals surface area contributed by atoms with Crippen LogP contribution < -0.4 is 3.51 Å². The number of hydrogen-bond donors (Lipinski definition) is 0. The molecule has 0 atom stereocenters. The molecule has 0 aliphatic carbocycles. The predicted molar refractivity (Wildman–Crippen MR) is 265 cm³/mol. The molecule has 0 radical (unpaired) electrons. The standard InChI is InChI=1S/C27H59Si6.C18H29N.Sb/c1-28(2,3)25(29(4,5)6)22-19-23(26(30(7,8)9)31(10,11)12)21-24(20-22)27(32(13,14)15)33(16,17)18;1-16(2,3)12-10-13(17(4,5)6)15(19)14(11-12)18(7,8)9;/h19-20,25-27H,1-18H3;10-11H,1-9H3;. The van der Waals surface area contributed by atoms with Crippen LogP contribution in [0.25, 0.3) is 0 Å². The van der Waals surface area contributed by atoms with Crippen molar-refractivity contribution in [3.8, 4) is 0 Å². The van der Waals surface area contributed by atoms with Crippen LogP contribution in [0, 0.1) is 0 Å². The van der Waals surface area contributed by atoms with Gasteiger partial charge in [-0.3, -0.25) is 0 Å². The van der Waals surface area contributed by atoms with E-state index in [1.807, 2.05) is 0 Å². The van der Waals surface area contributed by atoms with Crippen molar-refractivity contribution in [1.29, 1.82) is 0 Å². The van der Waals surface area contributed by atoms with Crippen LogP contribution in [0.15, 0.2) is 27.4 Å². The van der Waals surface area contributed by atoms with Crippen molar-refractivity contribution in [2.75, 3.05) is 0 Å². The fraction of sp³-hybridized carbons (Fsp3) is 0.733.